The molecule has 13 heteroatoms. The molecule has 1 saturated carbocycles. The van der Waals surface area contributed by atoms with Crippen LogP contribution in [0.2, 0.25) is 5.02 Å². The van der Waals surface area contributed by atoms with E-state index in [2.05, 4.69) is 27.0 Å². The van der Waals surface area contributed by atoms with Crippen LogP contribution in [-0.4, -0.2) is 61.6 Å². The molecule has 0 amide bonds. The van der Waals surface area contributed by atoms with Crippen LogP contribution in [0.1, 0.15) is 37.4 Å². The van der Waals surface area contributed by atoms with Crippen LogP contribution in [0.15, 0.2) is 65.2 Å². The first-order chi connectivity index (χ1) is 21.0. The van der Waals surface area contributed by atoms with Gasteiger partial charge in [-0.25, -0.2) is 17.7 Å². The average Bonchev–Trinajstić information content (AvgIpc) is 3.45. The van der Waals surface area contributed by atoms with Crippen molar-refractivity contribution in [3.05, 3.63) is 83.0 Å². The molecule has 1 aliphatic rings. The monoisotopic (exact) mass is 639 g/mol. The first kappa shape index (κ1) is 31.8. The molecule has 3 atom stereocenters. The van der Waals surface area contributed by atoms with Gasteiger partial charge in [0.05, 0.1) is 41.2 Å². The summed E-state index contributed by atoms with van der Waals surface area (Å²) in [6.45, 7) is 5.69. The van der Waals surface area contributed by atoms with Crippen LogP contribution in [0.25, 0.3) is 11.5 Å². The Labute approximate surface area is 263 Å². The van der Waals surface area contributed by atoms with Crippen LogP contribution in [0, 0.1) is 11.8 Å². The van der Waals surface area contributed by atoms with E-state index in [1.807, 2.05) is 37.3 Å². The van der Waals surface area contributed by atoms with Crippen molar-refractivity contribution in [1.29, 1.82) is 0 Å². The van der Waals surface area contributed by atoms with Crippen molar-refractivity contribution >= 4 is 33.3 Å². The molecule has 3 aromatic heterocycles. The Bertz CT molecular complexity index is 1670. The smallest absolute Gasteiger partial charge is 0.249 e. The van der Waals surface area contributed by atoms with Gasteiger partial charge in [0, 0.05) is 26.4 Å². The zero-order valence-electron chi connectivity index (χ0n) is 25.4. The molecule has 0 radical (unpaired) electrons. The summed E-state index contributed by atoms with van der Waals surface area (Å²) in [6, 6.07) is 16.9. The van der Waals surface area contributed by atoms with E-state index < -0.39 is 15.6 Å². The maximum Gasteiger partial charge on any atom is 0.249 e. The molecule has 4 aromatic rings. The summed E-state index contributed by atoms with van der Waals surface area (Å²) in [5, 5.41) is 8.66. The molecule has 2 N–H and O–H groups in total. The van der Waals surface area contributed by atoms with Crippen molar-refractivity contribution in [1.82, 2.24) is 20.2 Å². The third-order valence-corrected chi connectivity index (χ3v) is 9.25. The van der Waals surface area contributed by atoms with Crippen LogP contribution in [0.3, 0.4) is 0 Å². The van der Waals surface area contributed by atoms with Gasteiger partial charge < -0.3 is 19.8 Å². The van der Waals surface area contributed by atoms with Crippen LogP contribution < -0.4 is 14.9 Å². The highest BCUT2D eigenvalue weighted by molar-refractivity contribution is 7.92. The third-order valence-electron chi connectivity index (χ3n) is 7.77. The number of hydrogen-bond acceptors (Lipinski definition) is 10. The first-order valence-corrected chi connectivity index (χ1v) is 16.7. The first-order valence-electron chi connectivity index (χ1n) is 14.5. The molecule has 3 heterocycles. The molecule has 44 heavy (non-hydrogen) atoms. The van der Waals surface area contributed by atoms with Crippen LogP contribution >= 0.6 is 11.6 Å². The van der Waals surface area contributed by atoms with Crippen molar-refractivity contribution in [3.8, 4) is 11.5 Å². The predicted molar refractivity (Wildman–Crippen MR) is 171 cm³/mol. The molecule has 0 spiro atoms. The molecule has 2 unspecified atom stereocenters. The summed E-state index contributed by atoms with van der Waals surface area (Å²) in [4.78, 5) is 11.2. The maximum atomic E-state index is 13.2. The number of rotatable bonds is 14. The van der Waals surface area contributed by atoms with E-state index in [1.165, 1.54) is 0 Å². The fourth-order valence-corrected chi connectivity index (χ4v) is 6.21. The average molecular weight is 640 g/mol. The SMILES string of the molecule is COCCN(CC1CC1C)c1cc(-c2nnc([C@](C)(N)Cc3ccccc3)o2)c(Cl)c(N(Cc2ccccn2)S(C)(=O)=O)n1. The van der Waals surface area contributed by atoms with Crippen LogP contribution in [0.4, 0.5) is 11.6 Å². The maximum absolute atomic E-state index is 13.2. The van der Waals surface area contributed by atoms with E-state index in [9.17, 15) is 8.42 Å². The normalized spacial score (nSPS) is 17.7. The number of benzene rings is 1. The number of nitrogens with two attached hydrogens (primary N) is 1. The Balaban J connectivity index is 1.61. The van der Waals surface area contributed by atoms with E-state index in [4.69, 9.17) is 31.5 Å². The lowest BCUT2D eigenvalue weighted by atomic mass is 9.94. The molecular formula is C31H38ClN7O4S. The molecular weight excluding hydrogens is 602 g/mol. The minimum atomic E-state index is -3.85. The summed E-state index contributed by atoms with van der Waals surface area (Å²) in [7, 11) is -2.21. The van der Waals surface area contributed by atoms with Gasteiger partial charge in [-0.1, -0.05) is 54.9 Å². The summed E-state index contributed by atoms with van der Waals surface area (Å²) in [5.41, 5.74) is 7.60. The number of anilines is 2. The Morgan fingerprint density at radius 1 is 1.16 bits per heavy atom. The molecule has 0 saturated heterocycles. The number of ether oxygens (including phenoxy) is 1. The van der Waals surface area contributed by atoms with E-state index in [1.54, 1.807) is 37.6 Å². The topological polar surface area (TPSA) is 141 Å². The number of sulfonamides is 1. The van der Waals surface area contributed by atoms with Gasteiger partial charge in [0.15, 0.2) is 5.82 Å². The minimum absolute atomic E-state index is 0.0399. The fraction of sp³-hybridized carbons (Fsp3) is 0.419. The lowest BCUT2D eigenvalue weighted by Crippen LogP contribution is -2.35. The summed E-state index contributed by atoms with van der Waals surface area (Å²) in [5.74, 6) is 1.97. The number of pyridine rings is 2. The van der Waals surface area contributed by atoms with Gasteiger partial charge in [-0.3, -0.25) is 4.98 Å². The van der Waals surface area contributed by atoms with Gasteiger partial charge in [-0.15, -0.1) is 10.2 Å². The van der Waals surface area contributed by atoms with E-state index >= 15 is 0 Å². The number of aromatic nitrogens is 4. The van der Waals surface area contributed by atoms with Crippen molar-refractivity contribution in [2.45, 2.75) is 38.8 Å². The highest BCUT2D eigenvalue weighted by atomic mass is 35.5. The second-order valence-corrected chi connectivity index (χ2v) is 13.9. The van der Waals surface area contributed by atoms with Crippen LogP contribution in [-0.2, 0) is 33.3 Å². The standard InChI is InChI=1S/C31H38ClN7O4S/c1-21-16-23(21)19-38(14-15-42-3)26-17-25(29-36-37-30(43-29)31(2,33)18-22-10-6-5-7-11-22)27(32)28(35-26)39(44(4,40)41)20-24-12-8-9-13-34-24/h5-13,17,21,23H,14-16,18-20,33H2,1-4H3/t21?,23?,31-/m1/s1. The highest BCUT2D eigenvalue weighted by Crippen LogP contribution is 2.42. The lowest BCUT2D eigenvalue weighted by Gasteiger charge is -2.28. The van der Waals surface area contributed by atoms with E-state index in [0.29, 0.717) is 48.5 Å². The largest absolute Gasteiger partial charge is 0.419 e. The second-order valence-electron chi connectivity index (χ2n) is 11.7. The molecule has 5 rings (SSSR count). The molecule has 234 valence electrons. The van der Waals surface area contributed by atoms with Gasteiger partial charge in [-0.05, 0) is 55.4 Å². The molecule has 0 aliphatic heterocycles. The number of hydrogen-bond donors (Lipinski definition) is 1. The molecule has 11 nitrogen and oxygen atoms in total. The Morgan fingerprint density at radius 2 is 1.89 bits per heavy atom. The van der Waals surface area contributed by atoms with Crippen LogP contribution in [0.5, 0.6) is 0 Å². The van der Waals surface area contributed by atoms with Crippen molar-refractivity contribution in [3.63, 3.8) is 0 Å². The summed E-state index contributed by atoms with van der Waals surface area (Å²) < 4.78 is 39.2. The van der Waals surface area contributed by atoms with Gasteiger partial charge in [0.1, 0.15) is 5.82 Å². The summed E-state index contributed by atoms with van der Waals surface area (Å²) in [6.07, 6.45) is 4.29. The zero-order valence-corrected chi connectivity index (χ0v) is 26.9. The van der Waals surface area contributed by atoms with Gasteiger partial charge in [-0.2, -0.15) is 0 Å². The van der Waals surface area contributed by atoms with Crippen molar-refractivity contribution < 1.29 is 17.6 Å². The minimum Gasteiger partial charge on any atom is -0.419 e. The number of halogens is 1. The van der Waals surface area contributed by atoms with Gasteiger partial charge in [0.25, 0.3) is 0 Å². The molecule has 1 fully saturated rings. The predicted octanol–water partition coefficient (Wildman–Crippen LogP) is 4.67. The number of methoxy groups -OCH3 is 1. The van der Waals surface area contributed by atoms with Crippen molar-refractivity contribution in [2.24, 2.45) is 17.6 Å². The van der Waals surface area contributed by atoms with E-state index in [0.717, 1.165) is 29.1 Å². The van der Waals surface area contributed by atoms with Gasteiger partial charge in [0.2, 0.25) is 21.8 Å². The van der Waals surface area contributed by atoms with E-state index in [-0.39, 0.29) is 29.2 Å². The Kier molecular flexibility index (Phi) is 9.54. The Morgan fingerprint density at radius 3 is 2.52 bits per heavy atom. The molecule has 1 aromatic carbocycles. The molecule has 1 aliphatic carbocycles. The fourth-order valence-electron chi connectivity index (χ4n) is 5.07. The van der Waals surface area contributed by atoms with Crippen molar-refractivity contribution in [2.75, 3.05) is 42.3 Å². The second kappa shape index (κ2) is 13.2. The molecule has 0 bridgehead atoms. The zero-order chi connectivity index (χ0) is 31.5. The number of nitrogens with zero attached hydrogens (tertiary/aromatic N) is 6. The third kappa shape index (κ3) is 7.55. The lowest BCUT2D eigenvalue weighted by molar-refractivity contribution is 0.204. The Hall–Kier alpha value is -3.58. The summed E-state index contributed by atoms with van der Waals surface area (Å²) >= 11 is 6.99. The van der Waals surface area contributed by atoms with Gasteiger partial charge >= 0.3 is 0 Å². The highest BCUT2D eigenvalue weighted by Gasteiger charge is 2.36. The quantitative estimate of drug-likeness (QED) is 0.207.